The van der Waals surface area contributed by atoms with Gasteiger partial charge in [0.2, 0.25) is 5.89 Å². The number of carbonyl (C=O) groups excluding carboxylic acids is 1. The smallest absolute Gasteiger partial charge is 0.366 e. The van der Waals surface area contributed by atoms with Crippen LogP contribution in [-0.2, 0) is 25.6 Å². The Hall–Kier alpha value is -3.16. The van der Waals surface area contributed by atoms with Crippen LogP contribution in [0.25, 0.3) is 11.5 Å². The van der Waals surface area contributed by atoms with Gasteiger partial charge in [-0.25, -0.2) is 9.78 Å². The average molecular weight is 437 g/mol. The van der Waals surface area contributed by atoms with Crippen LogP contribution in [0.2, 0.25) is 0 Å². The number of oxazole rings is 1. The lowest BCUT2D eigenvalue weighted by Crippen LogP contribution is -2.47. The molecule has 1 aliphatic heterocycles. The highest BCUT2D eigenvalue weighted by Gasteiger charge is 2.41. The number of benzene rings is 2. The maximum atomic E-state index is 11.8. The van der Waals surface area contributed by atoms with E-state index < -0.39 is 11.8 Å². The lowest BCUT2D eigenvalue weighted by molar-refractivity contribution is -0.264. The fourth-order valence-corrected chi connectivity index (χ4v) is 3.47. The number of esters is 1. The summed E-state index contributed by atoms with van der Waals surface area (Å²) < 4.78 is 27.8. The Morgan fingerprint density at radius 2 is 1.72 bits per heavy atom. The van der Waals surface area contributed by atoms with Crippen molar-refractivity contribution >= 4 is 5.97 Å². The van der Waals surface area contributed by atoms with E-state index in [9.17, 15) is 4.79 Å². The summed E-state index contributed by atoms with van der Waals surface area (Å²) >= 11 is 0. The van der Waals surface area contributed by atoms with E-state index >= 15 is 0 Å². The molecule has 1 aliphatic rings. The summed E-state index contributed by atoms with van der Waals surface area (Å²) in [5.74, 6) is 0.149. The van der Waals surface area contributed by atoms with E-state index in [1.165, 1.54) is 12.7 Å². The van der Waals surface area contributed by atoms with Crippen LogP contribution in [0.5, 0.6) is 5.75 Å². The molecule has 0 bridgehead atoms. The van der Waals surface area contributed by atoms with Crippen molar-refractivity contribution in [3.8, 4) is 17.2 Å². The predicted octanol–water partition coefficient (Wildman–Crippen LogP) is 4.56. The largest absolute Gasteiger partial charge is 0.486 e. The van der Waals surface area contributed by atoms with E-state index in [-0.39, 0.29) is 12.5 Å². The topological polar surface area (TPSA) is 80.0 Å². The Kier molecular flexibility index (Phi) is 6.30. The zero-order valence-electron chi connectivity index (χ0n) is 18.7. The Morgan fingerprint density at radius 1 is 1.06 bits per heavy atom. The zero-order chi connectivity index (χ0) is 22.7. The van der Waals surface area contributed by atoms with Crippen LogP contribution in [0.4, 0.5) is 0 Å². The van der Waals surface area contributed by atoms with Crippen LogP contribution in [-0.4, -0.2) is 37.1 Å². The molecule has 0 aliphatic carbocycles. The van der Waals surface area contributed by atoms with Crippen molar-refractivity contribution in [3.63, 3.8) is 0 Å². The molecule has 0 N–H and O–H groups in total. The number of nitrogens with zero attached hydrogens (tertiary/aromatic N) is 1. The van der Waals surface area contributed by atoms with Gasteiger partial charge in [-0.2, -0.15) is 0 Å². The van der Waals surface area contributed by atoms with Gasteiger partial charge in [0.05, 0.1) is 26.0 Å². The van der Waals surface area contributed by atoms with Gasteiger partial charge < -0.3 is 23.4 Å². The minimum absolute atomic E-state index is 0.0235. The quantitative estimate of drug-likeness (QED) is 0.523. The first kappa shape index (κ1) is 22.0. The highest BCUT2D eigenvalue weighted by atomic mass is 16.7. The van der Waals surface area contributed by atoms with Gasteiger partial charge in [0, 0.05) is 18.4 Å². The fourth-order valence-electron chi connectivity index (χ4n) is 3.47. The summed E-state index contributed by atoms with van der Waals surface area (Å²) in [6.07, 6.45) is 0. The summed E-state index contributed by atoms with van der Waals surface area (Å²) in [5.41, 5.74) is 3.98. The fraction of sp³-hybridized carbons (Fsp3) is 0.360. The van der Waals surface area contributed by atoms with Crippen LogP contribution in [0.15, 0.2) is 52.9 Å². The third-order valence-electron chi connectivity index (χ3n) is 5.59. The van der Waals surface area contributed by atoms with Crippen molar-refractivity contribution < 1.29 is 28.2 Å². The number of methoxy groups -OCH3 is 1. The first-order valence-corrected chi connectivity index (χ1v) is 10.5. The number of aromatic nitrogens is 1. The molecule has 1 aromatic heterocycles. The van der Waals surface area contributed by atoms with Gasteiger partial charge in [0.25, 0.3) is 5.79 Å². The molecule has 1 saturated heterocycles. The maximum absolute atomic E-state index is 11.8. The van der Waals surface area contributed by atoms with Crippen LogP contribution in [0.1, 0.15) is 35.4 Å². The standard InChI is InChI=1S/C25H27NO6/c1-16-5-7-19(8-6-16)23-26-17(2)22(32-23)15-29-21-11-9-18(10-12-21)20-13-30-25(3,31-14-20)24(27)28-4/h5-12,20H,13-15H2,1-4H3. The minimum Gasteiger partial charge on any atom is -0.486 e. The molecular formula is C25H27NO6. The molecule has 0 saturated carbocycles. The summed E-state index contributed by atoms with van der Waals surface area (Å²) in [6, 6.07) is 15.8. The molecular weight excluding hydrogens is 410 g/mol. The van der Waals surface area contributed by atoms with Crippen molar-refractivity contribution in [2.75, 3.05) is 20.3 Å². The first-order valence-electron chi connectivity index (χ1n) is 10.5. The van der Waals surface area contributed by atoms with Gasteiger partial charge in [-0.3, -0.25) is 0 Å². The van der Waals surface area contributed by atoms with E-state index in [2.05, 4.69) is 4.98 Å². The highest BCUT2D eigenvalue weighted by Crippen LogP contribution is 2.30. The Bertz CT molecular complexity index is 1060. The van der Waals surface area contributed by atoms with Crippen LogP contribution in [0, 0.1) is 13.8 Å². The molecule has 3 aromatic rings. The van der Waals surface area contributed by atoms with Crippen molar-refractivity contribution in [3.05, 3.63) is 71.1 Å². The lowest BCUT2D eigenvalue weighted by atomic mass is 9.99. The molecule has 168 valence electrons. The van der Waals surface area contributed by atoms with Gasteiger partial charge >= 0.3 is 5.97 Å². The van der Waals surface area contributed by atoms with Crippen LogP contribution >= 0.6 is 0 Å². The number of carbonyl (C=O) groups is 1. The molecule has 0 unspecified atom stereocenters. The molecule has 0 amide bonds. The monoisotopic (exact) mass is 437 g/mol. The van der Waals surface area contributed by atoms with Crippen LogP contribution in [0.3, 0.4) is 0 Å². The number of rotatable bonds is 6. The van der Waals surface area contributed by atoms with E-state index in [1.54, 1.807) is 6.92 Å². The minimum atomic E-state index is -1.35. The summed E-state index contributed by atoms with van der Waals surface area (Å²) in [6.45, 7) is 6.55. The maximum Gasteiger partial charge on any atom is 0.366 e. The first-order chi connectivity index (χ1) is 15.4. The van der Waals surface area contributed by atoms with Gasteiger partial charge in [0.1, 0.15) is 12.4 Å². The SMILES string of the molecule is COC(=O)C1(C)OCC(c2ccc(OCc3oc(-c4ccc(C)cc4)nc3C)cc2)CO1. The second-order valence-electron chi connectivity index (χ2n) is 8.01. The molecule has 2 aromatic carbocycles. The molecule has 0 radical (unpaired) electrons. The van der Waals surface area contributed by atoms with Gasteiger partial charge in [0.15, 0.2) is 5.76 Å². The zero-order valence-corrected chi connectivity index (χ0v) is 18.7. The van der Waals surface area contributed by atoms with E-state index in [0.717, 1.165) is 22.6 Å². The van der Waals surface area contributed by atoms with Crippen molar-refractivity contribution in [1.82, 2.24) is 4.98 Å². The summed E-state index contributed by atoms with van der Waals surface area (Å²) in [5, 5.41) is 0. The average Bonchev–Trinajstić information content (AvgIpc) is 3.19. The normalized spacial score (nSPS) is 20.7. The molecule has 1 fully saturated rings. The third kappa shape index (κ3) is 4.69. The highest BCUT2D eigenvalue weighted by molar-refractivity contribution is 5.77. The molecule has 7 heteroatoms. The van der Waals surface area contributed by atoms with Gasteiger partial charge in [-0.15, -0.1) is 0 Å². The number of hydrogen-bond acceptors (Lipinski definition) is 7. The van der Waals surface area contributed by atoms with Gasteiger partial charge in [-0.05, 0) is 43.7 Å². The van der Waals surface area contributed by atoms with Crippen LogP contribution < -0.4 is 4.74 Å². The molecule has 7 nitrogen and oxygen atoms in total. The molecule has 0 spiro atoms. The second kappa shape index (κ2) is 9.14. The van der Waals surface area contributed by atoms with E-state index in [0.29, 0.717) is 24.9 Å². The number of hydrogen-bond donors (Lipinski definition) is 0. The number of aryl methyl sites for hydroxylation is 2. The van der Waals surface area contributed by atoms with Crippen molar-refractivity contribution in [1.29, 1.82) is 0 Å². The van der Waals surface area contributed by atoms with E-state index in [4.69, 9.17) is 23.4 Å². The van der Waals surface area contributed by atoms with Crippen molar-refractivity contribution in [2.24, 2.45) is 0 Å². The Morgan fingerprint density at radius 3 is 2.34 bits per heavy atom. The molecule has 4 rings (SSSR count). The second-order valence-corrected chi connectivity index (χ2v) is 8.01. The predicted molar refractivity (Wildman–Crippen MR) is 117 cm³/mol. The number of ether oxygens (including phenoxy) is 4. The van der Waals surface area contributed by atoms with Crippen molar-refractivity contribution in [2.45, 2.75) is 39.1 Å². The van der Waals surface area contributed by atoms with Gasteiger partial charge in [-0.1, -0.05) is 29.8 Å². The third-order valence-corrected chi connectivity index (χ3v) is 5.59. The molecule has 32 heavy (non-hydrogen) atoms. The Balaban J connectivity index is 1.35. The van der Waals surface area contributed by atoms with E-state index in [1.807, 2.05) is 62.4 Å². The molecule has 2 heterocycles. The molecule has 0 atom stereocenters. The lowest BCUT2D eigenvalue weighted by Gasteiger charge is -2.35. The summed E-state index contributed by atoms with van der Waals surface area (Å²) in [7, 11) is 1.31. The Labute approximate surface area is 187 Å². The summed E-state index contributed by atoms with van der Waals surface area (Å²) in [4.78, 5) is 16.3.